The Balaban J connectivity index is 2.23. The number of esters is 2. The number of carbonyl (C=O) groups is 2. The van der Waals surface area contributed by atoms with Gasteiger partial charge in [-0.2, -0.15) is 5.23 Å². The Kier molecular flexibility index (Phi) is 7.81. The molecular formula is C19H21NO6S. The summed E-state index contributed by atoms with van der Waals surface area (Å²) in [5.74, 6) is -0.662. The number of hydrogen-bond donors (Lipinski definition) is 2. The minimum atomic E-state index is -1.13. The van der Waals surface area contributed by atoms with Gasteiger partial charge in [-0.05, 0) is 32.0 Å². The highest BCUT2D eigenvalue weighted by atomic mass is 32.2. The maximum atomic E-state index is 12.1. The first kappa shape index (κ1) is 20.9. The number of quaternary nitrogens is 1. The molecule has 7 nitrogen and oxygen atoms in total. The highest BCUT2D eigenvalue weighted by molar-refractivity contribution is 7.98. The molecule has 2 rings (SSSR count). The van der Waals surface area contributed by atoms with Gasteiger partial charge in [-0.25, -0.2) is 14.8 Å². The van der Waals surface area contributed by atoms with E-state index in [9.17, 15) is 20.0 Å². The van der Waals surface area contributed by atoms with E-state index < -0.39 is 17.2 Å². The minimum absolute atomic E-state index is 0.0293. The molecule has 8 heteroatoms. The molecule has 0 fully saturated rings. The van der Waals surface area contributed by atoms with Crippen LogP contribution in [0.5, 0.6) is 0 Å². The van der Waals surface area contributed by atoms with E-state index >= 15 is 0 Å². The highest BCUT2D eigenvalue weighted by Crippen LogP contribution is 2.29. The molecule has 0 spiro atoms. The summed E-state index contributed by atoms with van der Waals surface area (Å²) in [6.07, 6.45) is 0. The summed E-state index contributed by atoms with van der Waals surface area (Å²) < 4.78 is 9.96. The summed E-state index contributed by atoms with van der Waals surface area (Å²) in [4.78, 5) is 24.6. The molecule has 0 aliphatic heterocycles. The standard InChI is InChI=1S/C19H21NO6S/c1-3-25-18(21)13-9-10-14(16(11-13)20(23)24)12-27-17-8-6-5-7-15(17)19(22)26-4-2/h5-11,20,23H,3-4,12H2,1-2H3. The molecule has 0 radical (unpaired) electrons. The van der Waals surface area contributed by atoms with Crippen LogP contribution in [0, 0.1) is 5.21 Å². The Labute approximate surface area is 161 Å². The lowest BCUT2D eigenvalue weighted by Gasteiger charge is -2.17. The average molecular weight is 391 g/mol. The predicted octanol–water partition coefficient (Wildman–Crippen LogP) is 2.74. The Morgan fingerprint density at radius 3 is 2.41 bits per heavy atom. The Bertz CT molecular complexity index is 809. The fourth-order valence-corrected chi connectivity index (χ4v) is 3.41. The van der Waals surface area contributed by atoms with Crippen LogP contribution in [0.25, 0.3) is 0 Å². The number of carbonyl (C=O) groups excluding carboxylic acids is 2. The molecule has 0 aliphatic carbocycles. The normalized spacial score (nSPS) is 11.7. The van der Waals surface area contributed by atoms with Gasteiger partial charge in [0.2, 0.25) is 0 Å². The Morgan fingerprint density at radius 1 is 1.07 bits per heavy atom. The largest absolute Gasteiger partial charge is 0.595 e. The van der Waals surface area contributed by atoms with Gasteiger partial charge in [-0.15, -0.1) is 11.8 Å². The number of thioether (sulfide) groups is 1. The van der Waals surface area contributed by atoms with E-state index in [4.69, 9.17) is 9.47 Å². The van der Waals surface area contributed by atoms with Crippen LogP contribution in [-0.2, 0) is 15.2 Å². The first-order valence-corrected chi connectivity index (χ1v) is 9.38. The first-order chi connectivity index (χ1) is 13.0. The van der Waals surface area contributed by atoms with E-state index in [2.05, 4.69) is 0 Å². The third-order valence-corrected chi connectivity index (χ3v) is 4.74. The van der Waals surface area contributed by atoms with Gasteiger partial charge in [0.05, 0.1) is 24.3 Å². The zero-order valence-electron chi connectivity index (χ0n) is 15.1. The van der Waals surface area contributed by atoms with Crippen molar-refractivity contribution in [1.29, 1.82) is 0 Å². The lowest BCUT2D eigenvalue weighted by molar-refractivity contribution is -0.991. The third kappa shape index (κ3) is 5.54. The summed E-state index contributed by atoms with van der Waals surface area (Å²) in [6, 6.07) is 11.4. The lowest BCUT2D eigenvalue weighted by atomic mass is 10.1. The van der Waals surface area contributed by atoms with E-state index in [1.165, 1.54) is 23.9 Å². The van der Waals surface area contributed by atoms with Crippen LogP contribution < -0.4 is 5.23 Å². The van der Waals surface area contributed by atoms with Crippen LogP contribution in [0.15, 0.2) is 47.4 Å². The molecule has 2 N–H and O–H groups in total. The monoisotopic (exact) mass is 391 g/mol. The summed E-state index contributed by atoms with van der Waals surface area (Å²) in [5.41, 5.74) is 1.19. The van der Waals surface area contributed by atoms with Gasteiger partial charge in [0, 0.05) is 22.3 Å². The summed E-state index contributed by atoms with van der Waals surface area (Å²) >= 11 is 1.33. The molecular weight excluding hydrogens is 370 g/mol. The molecule has 0 aromatic heterocycles. The number of ether oxygens (including phenoxy) is 2. The number of rotatable bonds is 8. The zero-order valence-corrected chi connectivity index (χ0v) is 15.9. The van der Waals surface area contributed by atoms with Crippen molar-refractivity contribution in [2.75, 3.05) is 13.2 Å². The second kappa shape index (κ2) is 10.1. The van der Waals surface area contributed by atoms with Gasteiger partial charge in [0.25, 0.3) is 0 Å². The molecule has 0 saturated heterocycles. The van der Waals surface area contributed by atoms with Crippen molar-refractivity contribution < 1.29 is 29.5 Å². The summed E-state index contributed by atoms with van der Waals surface area (Å²) in [6.45, 7) is 3.90. The van der Waals surface area contributed by atoms with Gasteiger partial charge in [-0.3, -0.25) is 0 Å². The van der Waals surface area contributed by atoms with Gasteiger partial charge >= 0.3 is 11.9 Å². The third-order valence-electron chi connectivity index (χ3n) is 3.62. The molecule has 0 saturated carbocycles. The van der Waals surface area contributed by atoms with Crippen LogP contribution in [0.1, 0.15) is 40.1 Å². The van der Waals surface area contributed by atoms with Crippen LogP contribution in [0.2, 0.25) is 0 Å². The van der Waals surface area contributed by atoms with Crippen molar-refractivity contribution in [2.45, 2.75) is 24.5 Å². The molecule has 0 bridgehead atoms. The topological polar surface area (TPSA) is 100 Å². The van der Waals surface area contributed by atoms with Crippen LogP contribution >= 0.6 is 11.8 Å². The molecule has 0 aliphatic rings. The van der Waals surface area contributed by atoms with E-state index in [-0.39, 0.29) is 24.5 Å². The molecule has 1 unspecified atom stereocenters. The van der Waals surface area contributed by atoms with Crippen molar-refractivity contribution in [3.05, 3.63) is 64.4 Å². The number of hydrogen-bond acceptors (Lipinski definition) is 7. The SMILES string of the molecule is CCOC(=O)c1ccc(CSc2ccccc2C(=O)OCC)c([NH+]([O-])O)c1. The van der Waals surface area contributed by atoms with E-state index in [1.54, 1.807) is 44.2 Å². The fraction of sp³-hybridized carbons (Fsp3) is 0.263. The predicted molar refractivity (Wildman–Crippen MR) is 100 cm³/mol. The smallest absolute Gasteiger partial charge is 0.339 e. The van der Waals surface area contributed by atoms with Crippen molar-refractivity contribution in [3.63, 3.8) is 0 Å². The van der Waals surface area contributed by atoms with E-state index in [1.807, 2.05) is 0 Å². The lowest BCUT2D eigenvalue weighted by Crippen LogP contribution is -2.99. The van der Waals surface area contributed by atoms with Gasteiger partial charge < -0.3 is 14.7 Å². The fourth-order valence-electron chi connectivity index (χ4n) is 2.37. The van der Waals surface area contributed by atoms with Gasteiger partial charge in [-0.1, -0.05) is 18.2 Å². The summed E-state index contributed by atoms with van der Waals surface area (Å²) in [5, 5.41) is 19.9. The summed E-state index contributed by atoms with van der Waals surface area (Å²) in [7, 11) is 0. The molecule has 2 aromatic rings. The van der Waals surface area contributed by atoms with Gasteiger partial charge in [0.15, 0.2) is 5.69 Å². The number of nitrogens with one attached hydrogen (secondary N) is 1. The van der Waals surface area contributed by atoms with Crippen molar-refractivity contribution >= 4 is 29.4 Å². The quantitative estimate of drug-likeness (QED) is 0.405. The van der Waals surface area contributed by atoms with Crippen LogP contribution in [0.3, 0.4) is 0 Å². The van der Waals surface area contributed by atoms with E-state index in [0.29, 0.717) is 21.8 Å². The maximum Gasteiger partial charge on any atom is 0.339 e. The van der Waals surface area contributed by atoms with Crippen molar-refractivity contribution in [2.24, 2.45) is 0 Å². The van der Waals surface area contributed by atoms with Crippen molar-refractivity contribution in [3.8, 4) is 0 Å². The highest BCUT2D eigenvalue weighted by Gasteiger charge is 2.17. The first-order valence-electron chi connectivity index (χ1n) is 8.40. The average Bonchev–Trinajstić information content (AvgIpc) is 2.66. The molecule has 144 valence electrons. The van der Waals surface area contributed by atoms with Crippen LogP contribution in [-0.4, -0.2) is 30.4 Å². The van der Waals surface area contributed by atoms with Gasteiger partial charge in [0.1, 0.15) is 0 Å². The molecule has 0 heterocycles. The second-order valence-electron chi connectivity index (χ2n) is 5.40. The maximum absolute atomic E-state index is 12.1. The molecule has 0 amide bonds. The van der Waals surface area contributed by atoms with E-state index in [0.717, 1.165) is 0 Å². The minimum Gasteiger partial charge on any atom is -0.595 e. The molecule has 27 heavy (non-hydrogen) atoms. The van der Waals surface area contributed by atoms with Crippen LogP contribution in [0.4, 0.5) is 5.69 Å². The second-order valence-corrected chi connectivity index (χ2v) is 6.42. The Morgan fingerprint density at radius 2 is 1.74 bits per heavy atom. The number of benzene rings is 2. The zero-order chi connectivity index (χ0) is 19.8. The molecule has 1 atom stereocenters. The Hall–Kier alpha value is -2.39. The molecule has 2 aromatic carbocycles. The van der Waals surface area contributed by atoms with Crippen molar-refractivity contribution in [1.82, 2.24) is 0 Å².